The summed E-state index contributed by atoms with van der Waals surface area (Å²) < 4.78 is 49.0. The van der Waals surface area contributed by atoms with Gasteiger partial charge in [-0.2, -0.15) is 18.3 Å². The summed E-state index contributed by atoms with van der Waals surface area (Å²) in [6.07, 6.45) is -3.01. The second kappa shape index (κ2) is 8.24. The van der Waals surface area contributed by atoms with Gasteiger partial charge in [0.1, 0.15) is 18.1 Å². The number of nitrogens with zero attached hydrogens (tertiary/aromatic N) is 2. The molecule has 26 heavy (non-hydrogen) atoms. The highest BCUT2D eigenvalue weighted by Gasteiger charge is 2.30. The van der Waals surface area contributed by atoms with Crippen molar-refractivity contribution in [1.82, 2.24) is 0 Å². The normalized spacial score (nSPS) is 11.4. The Morgan fingerprint density at radius 3 is 2.58 bits per heavy atom. The molecule has 0 fully saturated rings. The second-order valence-corrected chi connectivity index (χ2v) is 5.15. The lowest BCUT2D eigenvalue weighted by Crippen LogP contribution is -2.21. The minimum Gasteiger partial charge on any atom is -0.496 e. The van der Waals surface area contributed by atoms with Crippen LogP contribution in [0, 0.1) is 0 Å². The maximum atomic E-state index is 12.8. The quantitative estimate of drug-likeness (QED) is 0.467. The predicted octanol–water partition coefficient (Wildman–Crippen LogP) is 2.90. The molecular formula is C17H17F3N4O2. The van der Waals surface area contributed by atoms with Crippen molar-refractivity contribution >= 4 is 12.2 Å². The molecule has 4 N–H and O–H groups in total. The number of hydrogen-bond donors (Lipinski definition) is 2. The van der Waals surface area contributed by atoms with Crippen molar-refractivity contribution in [3.63, 3.8) is 0 Å². The molecule has 2 rings (SSSR count). The van der Waals surface area contributed by atoms with Gasteiger partial charge in [-0.25, -0.2) is 0 Å². The van der Waals surface area contributed by atoms with Crippen molar-refractivity contribution in [2.75, 3.05) is 7.11 Å². The van der Waals surface area contributed by atoms with Gasteiger partial charge < -0.3 is 20.9 Å². The van der Waals surface area contributed by atoms with Gasteiger partial charge in [-0.1, -0.05) is 6.07 Å². The van der Waals surface area contributed by atoms with E-state index in [2.05, 4.69) is 10.2 Å². The molecule has 0 spiro atoms. The number of halogens is 3. The fraction of sp³-hybridized carbons (Fsp3) is 0.176. The minimum absolute atomic E-state index is 0.00839. The molecule has 0 saturated carbocycles. The Bertz CT molecular complexity index is 816. The highest BCUT2D eigenvalue weighted by molar-refractivity contribution is 5.82. The van der Waals surface area contributed by atoms with Crippen LogP contribution < -0.4 is 20.9 Å². The van der Waals surface area contributed by atoms with Crippen LogP contribution in [0.15, 0.2) is 52.7 Å². The van der Waals surface area contributed by atoms with Gasteiger partial charge in [-0.3, -0.25) is 0 Å². The summed E-state index contributed by atoms with van der Waals surface area (Å²) in [5.74, 6) is 0.445. The van der Waals surface area contributed by atoms with Gasteiger partial charge in [0.05, 0.1) is 18.9 Å². The van der Waals surface area contributed by atoms with E-state index in [0.717, 1.165) is 12.1 Å². The molecule has 0 saturated heterocycles. The van der Waals surface area contributed by atoms with Crippen molar-refractivity contribution in [3.05, 3.63) is 59.2 Å². The molecule has 0 atom stereocenters. The van der Waals surface area contributed by atoms with Gasteiger partial charge in [-0.05, 0) is 42.0 Å². The summed E-state index contributed by atoms with van der Waals surface area (Å²) in [7, 11) is 1.48. The molecule has 0 heterocycles. The Hall–Kier alpha value is -3.23. The molecular weight excluding hydrogens is 349 g/mol. The molecule has 6 nitrogen and oxygen atoms in total. The number of benzene rings is 2. The van der Waals surface area contributed by atoms with Crippen LogP contribution in [0.5, 0.6) is 11.5 Å². The zero-order valence-corrected chi connectivity index (χ0v) is 13.8. The maximum absolute atomic E-state index is 12.8. The highest BCUT2D eigenvalue weighted by atomic mass is 19.4. The fourth-order valence-electron chi connectivity index (χ4n) is 2.08. The first kappa shape index (κ1) is 19.1. The van der Waals surface area contributed by atoms with Gasteiger partial charge in [0, 0.05) is 5.56 Å². The van der Waals surface area contributed by atoms with E-state index < -0.39 is 11.7 Å². The van der Waals surface area contributed by atoms with Gasteiger partial charge in [-0.15, -0.1) is 5.10 Å². The van der Waals surface area contributed by atoms with Gasteiger partial charge in [0.15, 0.2) is 0 Å². The monoisotopic (exact) mass is 366 g/mol. The zero-order chi connectivity index (χ0) is 19.2. The van der Waals surface area contributed by atoms with Crippen LogP contribution in [-0.4, -0.2) is 19.3 Å². The van der Waals surface area contributed by atoms with Crippen LogP contribution in [0.2, 0.25) is 0 Å². The summed E-state index contributed by atoms with van der Waals surface area (Å²) in [5.41, 5.74) is 10.9. The molecule has 2 aromatic carbocycles. The number of ether oxygens (including phenoxy) is 2. The third-order valence-corrected chi connectivity index (χ3v) is 3.24. The number of nitrogens with two attached hydrogens (primary N) is 2. The largest absolute Gasteiger partial charge is 0.496 e. The molecule has 0 aliphatic heterocycles. The minimum atomic E-state index is -4.43. The van der Waals surface area contributed by atoms with E-state index in [1.165, 1.54) is 25.5 Å². The summed E-state index contributed by atoms with van der Waals surface area (Å²) in [6.45, 7) is 0.00839. The molecule has 0 unspecified atom stereocenters. The second-order valence-electron chi connectivity index (χ2n) is 5.15. The fourth-order valence-corrected chi connectivity index (χ4v) is 2.08. The number of alkyl halides is 3. The van der Waals surface area contributed by atoms with E-state index in [0.29, 0.717) is 16.9 Å². The number of methoxy groups -OCH3 is 1. The molecule has 0 radical (unpaired) electrons. The smallest absolute Gasteiger partial charge is 0.416 e. The standard InChI is InChI=1S/C17H17F3N4O2/c1-25-15-6-5-11(9-23-24-16(21)22)7-12(15)10-26-14-4-2-3-13(8-14)17(18,19)20/h2-9H,10H2,1H3,(H4,21,22,24). The Morgan fingerprint density at radius 2 is 1.92 bits per heavy atom. The van der Waals surface area contributed by atoms with Crippen LogP contribution in [0.4, 0.5) is 13.2 Å². The molecule has 138 valence electrons. The third-order valence-electron chi connectivity index (χ3n) is 3.24. The van der Waals surface area contributed by atoms with E-state index in [1.807, 2.05) is 0 Å². The van der Waals surface area contributed by atoms with Crippen molar-refractivity contribution in [2.45, 2.75) is 12.8 Å². The van der Waals surface area contributed by atoms with Crippen molar-refractivity contribution < 1.29 is 22.6 Å². The van der Waals surface area contributed by atoms with Crippen molar-refractivity contribution in [1.29, 1.82) is 0 Å². The van der Waals surface area contributed by atoms with Crippen LogP contribution >= 0.6 is 0 Å². The average molecular weight is 366 g/mol. The van der Waals surface area contributed by atoms with E-state index in [4.69, 9.17) is 20.9 Å². The lowest BCUT2D eigenvalue weighted by molar-refractivity contribution is -0.137. The summed E-state index contributed by atoms with van der Waals surface area (Å²) in [4.78, 5) is 0. The van der Waals surface area contributed by atoms with E-state index in [9.17, 15) is 13.2 Å². The lowest BCUT2D eigenvalue weighted by Gasteiger charge is -2.12. The molecule has 0 aromatic heterocycles. The Morgan fingerprint density at radius 1 is 1.15 bits per heavy atom. The van der Waals surface area contributed by atoms with Crippen LogP contribution in [0.3, 0.4) is 0 Å². The predicted molar refractivity (Wildman–Crippen MR) is 92.2 cm³/mol. The van der Waals surface area contributed by atoms with Crippen LogP contribution in [0.1, 0.15) is 16.7 Å². The third kappa shape index (κ3) is 5.40. The van der Waals surface area contributed by atoms with E-state index in [1.54, 1.807) is 18.2 Å². The highest BCUT2D eigenvalue weighted by Crippen LogP contribution is 2.31. The number of guanidine groups is 1. The van der Waals surface area contributed by atoms with E-state index in [-0.39, 0.29) is 18.3 Å². The summed E-state index contributed by atoms with van der Waals surface area (Å²) in [6, 6.07) is 9.77. The first-order chi connectivity index (χ1) is 12.3. The topological polar surface area (TPSA) is 95.2 Å². The average Bonchev–Trinajstić information content (AvgIpc) is 2.59. The van der Waals surface area contributed by atoms with Crippen LogP contribution in [-0.2, 0) is 12.8 Å². The summed E-state index contributed by atoms with van der Waals surface area (Å²) in [5, 5.41) is 7.19. The first-order valence-electron chi connectivity index (χ1n) is 7.38. The van der Waals surface area contributed by atoms with Crippen molar-refractivity contribution in [3.8, 4) is 11.5 Å². The lowest BCUT2D eigenvalue weighted by atomic mass is 10.1. The Labute approximate surface area is 147 Å². The maximum Gasteiger partial charge on any atom is 0.416 e. The van der Waals surface area contributed by atoms with Gasteiger partial charge in [0.25, 0.3) is 0 Å². The molecule has 0 aliphatic rings. The first-order valence-corrected chi connectivity index (χ1v) is 7.38. The van der Waals surface area contributed by atoms with Crippen LogP contribution in [0.25, 0.3) is 0 Å². The Balaban J connectivity index is 2.18. The molecule has 9 heteroatoms. The number of rotatable bonds is 6. The SMILES string of the molecule is COc1ccc(C=NN=C(N)N)cc1COc1cccc(C(F)(F)F)c1. The van der Waals surface area contributed by atoms with Crippen molar-refractivity contribution in [2.24, 2.45) is 21.7 Å². The number of hydrogen-bond acceptors (Lipinski definition) is 4. The molecule has 0 bridgehead atoms. The molecule has 0 aliphatic carbocycles. The molecule has 2 aromatic rings. The summed E-state index contributed by atoms with van der Waals surface area (Å²) >= 11 is 0. The molecule has 0 amide bonds. The zero-order valence-electron chi connectivity index (χ0n) is 13.8. The van der Waals surface area contributed by atoms with Gasteiger partial charge in [0.2, 0.25) is 5.96 Å². The van der Waals surface area contributed by atoms with E-state index >= 15 is 0 Å². The Kier molecular flexibility index (Phi) is 6.05. The van der Waals surface area contributed by atoms with Gasteiger partial charge >= 0.3 is 6.18 Å².